The van der Waals surface area contributed by atoms with Crippen molar-refractivity contribution in [2.24, 2.45) is 0 Å². The van der Waals surface area contributed by atoms with Crippen molar-refractivity contribution in [2.45, 2.75) is 6.42 Å². The molecule has 1 aliphatic carbocycles. The Morgan fingerprint density at radius 2 is 1.71 bits per heavy atom. The lowest BCUT2D eigenvalue weighted by Gasteiger charge is -1.97. The lowest BCUT2D eigenvalue weighted by atomic mass is 10.1. The van der Waals surface area contributed by atoms with E-state index in [0.717, 1.165) is 6.42 Å². The molecule has 2 aromatic rings. The van der Waals surface area contributed by atoms with Gasteiger partial charge < -0.3 is 0 Å². The standard InChI is InChI=1S/C12H9N.ClH/c1-2-4-11-9(3-1)7-10-5-6-13-8-12(10)11;/h1-6,8H,7H2;1H. The van der Waals surface area contributed by atoms with E-state index in [2.05, 4.69) is 35.3 Å². The summed E-state index contributed by atoms with van der Waals surface area (Å²) in [6.07, 6.45) is 4.89. The minimum Gasteiger partial charge on any atom is -0.264 e. The molecule has 0 saturated carbocycles. The second kappa shape index (κ2) is 3.43. The first kappa shape index (κ1) is 9.22. The molecule has 2 heteroatoms. The van der Waals surface area contributed by atoms with Gasteiger partial charge in [0.25, 0.3) is 0 Å². The van der Waals surface area contributed by atoms with E-state index >= 15 is 0 Å². The minimum atomic E-state index is 0. The maximum Gasteiger partial charge on any atom is 0.0349 e. The van der Waals surface area contributed by atoms with Crippen LogP contribution in [0.2, 0.25) is 0 Å². The number of hydrogen-bond donors (Lipinski definition) is 0. The molecule has 0 fully saturated rings. The summed E-state index contributed by atoms with van der Waals surface area (Å²) < 4.78 is 0. The zero-order chi connectivity index (χ0) is 8.67. The third-order valence-electron chi connectivity index (χ3n) is 2.60. The van der Waals surface area contributed by atoms with Gasteiger partial charge in [-0.2, -0.15) is 0 Å². The van der Waals surface area contributed by atoms with Gasteiger partial charge in [0.2, 0.25) is 0 Å². The summed E-state index contributed by atoms with van der Waals surface area (Å²) in [5.74, 6) is 0. The van der Waals surface area contributed by atoms with Crippen LogP contribution in [0.5, 0.6) is 0 Å². The summed E-state index contributed by atoms with van der Waals surface area (Å²) in [5.41, 5.74) is 5.48. The monoisotopic (exact) mass is 203 g/mol. The molecule has 0 N–H and O–H groups in total. The molecule has 0 atom stereocenters. The summed E-state index contributed by atoms with van der Waals surface area (Å²) in [7, 11) is 0. The van der Waals surface area contributed by atoms with Gasteiger partial charge in [-0.05, 0) is 29.2 Å². The van der Waals surface area contributed by atoms with Gasteiger partial charge in [0, 0.05) is 18.0 Å². The van der Waals surface area contributed by atoms with Gasteiger partial charge in [0.1, 0.15) is 0 Å². The van der Waals surface area contributed by atoms with Crippen molar-refractivity contribution in [2.75, 3.05) is 0 Å². The fraction of sp³-hybridized carbons (Fsp3) is 0.0833. The lowest BCUT2D eigenvalue weighted by molar-refractivity contribution is 1.23. The first-order valence-electron chi connectivity index (χ1n) is 4.46. The normalized spacial score (nSPS) is 11.4. The molecular weight excluding hydrogens is 194 g/mol. The first-order chi connectivity index (χ1) is 6.45. The largest absolute Gasteiger partial charge is 0.264 e. The highest BCUT2D eigenvalue weighted by atomic mass is 35.5. The van der Waals surface area contributed by atoms with Gasteiger partial charge in [-0.1, -0.05) is 24.3 Å². The third-order valence-corrected chi connectivity index (χ3v) is 2.60. The van der Waals surface area contributed by atoms with Crippen molar-refractivity contribution in [3.05, 3.63) is 53.9 Å². The Hall–Kier alpha value is -1.34. The van der Waals surface area contributed by atoms with E-state index in [1.807, 2.05) is 12.4 Å². The third kappa shape index (κ3) is 1.21. The molecule has 0 radical (unpaired) electrons. The molecule has 1 aliphatic rings. The van der Waals surface area contributed by atoms with Crippen LogP contribution < -0.4 is 0 Å². The zero-order valence-corrected chi connectivity index (χ0v) is 8.42. The highest BCUT2D eigenvalue weighted by Gasteiger charge is 2.16. The molecule has 14 heavy (non-hydrogen) atoms. The molecule has 0 saturated heterocycles. The number of fused-ring (bicyclic) bond motifs is 3. The second-order valence-corrected chi connectivity index (χ2v) is 3.37. The van der Waals surface area contributed by atoms with Crippen LogP contribution in [0.4, 0.5) is 0 Å². The van der Waals surface area contributed by atoms with Crippen LogP contribution in [0.3, 0.4) is 0 Å². The highest BCUT2D eigenvalue weighted by Crippen LogP contribution is 2.34. The number of halogens is 1. The average Bonchev–Trinajstić information content (AvgIpc) is 2.56. The van der Waals surface area contributed by atoms with Gasteiger partial charge in [-0.25, -0.2) is 0 Å². The van der Waals surface area contributed by atoms with Crippen molar-refractivity contribution in [3.63, 3.8) is 0 Å². The van der Waals surface area contributed by atoms with E-state index < -0.39 is 0 Å². The number of nitrogens with zero attached hydrogens (tertiary/aromatic N) is 1. The number of aromatic nitrogens is 1. The fourth-order valence-corrected chi connectivity index (χ4v) is 1.96. The predicted molar refractivity (Wildman–Crippen MR) is 59.7 cm³/mol. The molecule has 0 unspecified atom stereocenters. The van der Waals surface area contributed by atoms with E-state index in [4.69, 9.17) is 0 Å². The lowest BCUT2D eigenvalue weighted by Crippen LogP contribution is -1.79. The minimum absolute atomic E-state index is 0. The van der Waals surface area contributed by atoms with E-state index in [0.29, 0.717) is 0 Å². The van der Waals surface area contributed by atoms with E-state index in [1.54, 1.807) is 0 Å². The Kier molecular flexibility index (Phi) is 2.26. The number of benzene rings is 1. The second-order valence-electron chi connectivity index (χ2n) is 3.37. The molecule has 0 spiro atoms. The smallest absolute Gasteiger partial charge is 0.0349 e. The van der Waals surface area contributed by atoms with Crippen LogP contribution in [-0.4, -0.2) is 4.98 Å². The van der Waals surface area contributed by atoms with Gasteiger partial charge in [-0.15, -0.1) is 12.4 Å². The first-order valence-corrected chi connectivity index (χ1v) is 4.46. The molecule has 3 rings (SSSR count). The maximum atomic E-state index is 4.16. The quantitative estimate of drug-likeness (QED) is 0.547. The molecule has 0 aliphatic heterocycles. The average molecular weight is 204 g/mol. The Morgan fingerprint density at radius 3 is 2.64 bits per heavy atom. The van der Waals surface area contributed by atoms with E-state index in [9.17, 15) is 0 Å². The Morgan fingerprint density at radius 1 is 0.929 bits per heavy atom. The van der Waals surface area contributed by atoms with Crippen molar-refractivity contribution in [1.29, 1.82) is 0 Å². The van der Waals surface area contributed by atoms with Crippen LogP contribution >= 0.6 is 12.4 Å². The molecule has 1 heterocycles. The van der Waals surface area contributed by atoms with E-state index in [1.165, 1.54) is 22.3 Å². The van der Waals surface area contributed by atoms with E-state index in [-0.39, 0.29) is 12.4 Å². The molecule has 0 bridgehead atoms. The van der Waals surface area contributed by atoms with Crippen LogP contribution in [0.15, 0.2) is 42.7 Å². The van der Waals surface area contributed by atoms with Crippen LogP contribution in [0, 0.1) is 0 Å². The van der Waals surface area contributed by atoms with Gasteiger partial charge >= 0.3 is 0 Å². The Bertz CT molecular complexity index is 422. The summed E-state index contributed by atoms with van der Waals surface area (Å²) in [6, 6.07) is 10.6. The maximum absolute atomic E-state index is 4.16. The van der Waals surface area contributed by atoms with Crippen LogP contribution in [0.25, 0.3) is 11.1 Å². The van der Waals surface area contributed by atoms with Gasteiger partial charge in [0.05, 0.1) is 0 Å². The summed E-state index contributed by atoms with van der Waals surface area (Å²) in [6.45, 7) is 0. The number of hydrogen-bond acceptors (Lipinski definition) is 1. The SMILES string of the molecule is Cl.c1ccc2c(c1)Cc1ccncc1-2. The molecule has 1 aromatic carbocycles. The van der Waals surface area contributed by atoms with Crippen LogP contribution in [0.1, 0.15) is 11.1 Å². The Labute approximate surface area is 89.2 Å². The molecule has 0 amide bonds. The topological polar surface area (TPSA) is 12.9 Å². The molecular formula is C12H10ClN. The fourth-order valence-electron chi connectivity index (χ4n) is 1.96. The summed E-state index contributed by atoms with van der Waals surface area (Å²) in [4.78, 5) is 4.16. The summed E-state index contributed by atoms with van der Waals surface area (Å²) in [5, 5.41) is 0. The number of rotatable bonds is 0. The van der Waals surface area contributed by atoms with Crippen molar-refractivity contribution in [1.82, 2.24) is 4.98 Å². The highest BCUT2D eigenvalue weighted by molar-refractivity contribution is 5.85. The molecule has 1 nitrogen and oxygen atoms in total. The molecule has 1 aromatic heterocycles. The van der Waals surface area contributed by atoms with Crippen LogP contribution in [-0.2, 0) is 6.42 Å². The Balaban J connectivity index is 0.000000750. The van der Waals surface area contributed by atoms with Gasteiger partial charge in [-0.3, -0.25) is 4.98 Å². The summed E-state index contributed by atoms with van der Waals surface area (Å²) >= 11 is 0. The zero-order valence-electron chi connectivity index (χ0n) is 7.60. The van der Waals surface area contributed by atoms with Crippen molar-refractivity contribution in [3.8, 4) is 11.1 Å². The van der Waals surface area contributed by atoms with Crippen molar-refractivity contribution < 1.29 is 0 Å². The van der Waals surface area contributed by atoms with Crippen molar-refractivity contribution >= 4 is 12.4 Å². The molecule has 70 valence electrons. The van der Waals surface area contributed by atoms with Gasteiger partial charge in [0.15, 0.2) is 0 Å². The predicted octanol–water partition coefficient (Wildman–Crippen LogP) is 3.07. The number of pyridine rings is 1.